The van der Waals surface area contributed by atoms with Crippen molar-refractivity contribution in [2.45, 2.75) is 30.2 Å². The van der Waals surface area contributed by atoms with E-state index in [4.69, 9.17) is 5.14 Å². The van der Waals surface area contributed by atoms with Gasteiger partial charge in [0.15, 0.2) is 0 Å². The van der Waals surface area contributed by atoms with Gasteiger partial charge in [-0.05, 0) is 50.1 Å². The Balaban J connectivity index is 1.76. The zero-order valence-corrected chi connectivity index (χ0v) is 11.9. The molecule has 0 heterocycles. The van der Waals surface area contributed by atoms with E-state index in [1.165, 1.54) is 37.1 Å². The van der Waals surface area contributed by atoms with Crippen molar-refractivity contribution >= 4 is 15.9 Å². The number of nitrogens with one attached hydrogen (secondary N) is 2. The summed E-state index contributed by atoms with van der Waals surface area (Å²) in [5.41, 5.74) is 0.424. The molecular weight excluding hydrogens is 278 g/mol. The molecule has 0 saturated heterocycles. The largest absolute Gasteiger partial charge is 0.352 e. The molecule has 1 aliphatic carbocycles. The number of hydrogen-bond acceptors (Lipinski definition) is 4. The molecule has 1 saturated carbocycles. The van der Waals surface area contributed by atoms with Crippen LogP contribution in [0.2, 0.25) is 0 Å². The summed E-state index contributed by atoms with van der Waals surface area (Å²) in [5.74, 6) is -0.211. The second-order valence-electron chi connectivity index (χ2n) is 4.91. The molecule has 1 aromatic rings. The third kappa shape index (κ3) is 4.59. The molecule has 1 amide bonds. The maximum atomic E-state index is 11.8. The van der Waals surface area contributed by atoms with Crippen LogP contribution in [-0.4, -0.2) is 33.5 Å². The summed E-state index contributed by atoms with van der Waals surface area (Å²) >= 11 is 0. The van der Waals surface area contributed by atoms with Gasteiger partial charge in [-0.1, -0.05) is 0 Å². The van der Waals surface area contributed by atoms with Crippen molar-refractivity contribution in [1.82, 2.24) is 10.6 Å². The molecule has 4 N–H and O–H groups in total. The summed E-state index contributed by atoms with van der Waals surface area (Å²) in [5, 5.41) is 11.1. The highest BCUT2D eigenvalue weighted by molar-refractivity contribution is 7.89. The van der Waals surface area contributed by atoms with Crippen LogP contribution in [0.1, 0.15) is 29.6 Å². The van der Waals surface area contributed by atoms with Crippen molar-refractivity contribution in [2.75, 3.05) is 13.1 Å². The Bertz CT molecular complexity index is 565. The van der Waals surface area contributed by atoms with Crippen molar-refractivity contribution in [3.63, 3.8) is 0 Å². The van der Waals surface area contributed by atoms with Crippen LogP contribution in [0.4, 0.5) is 0 Å². The number of hydrogen-bond donors (Lipinski definition) is 3. The molecule has 7 heteroatoms. The van der Waals surface area contributed by atoms with Crippen LogP contribution >= 0.6 is 0 Å². The summed E-state index contributed by atoms with van der Waals surface area (Å²) in [6, 6.07) is 6.25. The van der Waals surface area contributed by atoms with Gasteiger partial charge in [0.1, 0.15) is 0 Å². The number of nitrogens with two attached hydrogens (primary N) is 1. The molecule has 1 aromatic carbocycles. The molecule has 0 unspecified atom stereocenters. The molecule has 1 fully saturated rings. The molecular formula is C13H19N3O3S. The fraction of sp³-hybridized carbons (Fsp3) is 0.462. The van der Waals surface area contributed by atoms with Crippen LogP contribution in [0.25, 0.3) is 0 Å². The van der Waals surface area contributed by atoms with Gasteiger partial charge in [-0.2, -0.15) is 0 Å². The van der Waals surface area contributed by atoms with E-state index in [1.54, 1.807) is 0 Å². The van der Waals surface area contributed by atoms with Crippen LogP contribution in [0.15, 0.2) is 29.2 Å². The Morgan fingerprint density at radius 2 is 1.85 bits per heavy atom. The number of benzene rings is 1. The lowest BCUT2D eigenvalue weighted by Crippen LogP contribution is -2.28. The molecule has 0 spiro atoms. The first-order valence-corrected chi connectivity index (χ1v) is 8.16. The Kier molecular flexibility index (Phi) is 4.74. The lowest BCUT2D eigenvalue weighted by molar-refractivity contribution is 0.0953. The third-order valence-corrected chi connectivity index (χ3v) is 4.02. The summed E-state index contributed by atoms with van der Waals surface area (Å²) in [7, 11) is -3.71. The highest BCUT2D eigenvalue weighted by Gasteiger charge is 2.19. The molecule has 0 aromatic heterocycles. The van der Waals surface area contributed by atoms with Gasteiger partial charge in [0.2, 0.25) is 10.0 Å². The van der Waals surface area contributed by atoms with E-state index in [0.717, 1.165) is 13.0 Å². The van der Waals surface area contributed by atoms with E-state index in [9.17, 15) is 13.2 Å². The van der Waals surface area contributed by atoms with Crippen LogP contribution in [0.5, 0.6) is 0 Å². The Morgan fingerprint density at radius 3 is 2.40 bits per heavy atom. The number of amides is 1. The van der Waals surface area contributed by atoms with Gasteiger partial charge in [0.25, 0.3) is 5.91 Å². The number of primary sulfonamides is 1. The van der Waals surface area contributed by atoms with Crippen molar-refractivity contribution in [3.8, 4) is 0 Å². The highest BCUT2D eigenvalue weighted by atomic mass is 32.2. The van der Waals surface area contributed by atoms with Gasteiger partial charge in [-0.25, -0.2) is 13.6 Å². The minimum Gasteiger partial charge on any atom is -0.352 e. The monoisotopic (exact) mass is 297 g/mol. The fourth-order valence-electron chi connectivity index (χ4n) is 1.78. The van der Waals surface area contributed by atoms with E-state index < -0.39 is 10.0 Å². The Hall–Kier alpha value is -1.44. The smallest absolute Gasteiger partial charge is 0.251 e. The van der Waals surface area contributed by atoms with Gasteiger partial charge >= 0.3 is 0 Å². The molecule has 0 bridgehead atoms. The standard InChI is InChI=1S/C13H19N3O3S/c14-20(18,19)12-6-2-10(3-7-12)13(17)16-9-1-8-15-11-4-5-11/h2-3,6-7,11,15H,1,4-5,8-9H2,(H,16,17)(H2,14,18,19). The average Bonchev–Trinajstić information content (AvgIpc) is 3.21. The zero-order valence-electron chi connectivity index (χ0n) is 11.1. The minimum absolute atomic E-state index is 0.00248. The van der Waals surface area contributed by atoms with E-state index >= 15 is 0 Å². The first kappa shape index (κ1) is 15.0. The van der Waals surface area contributed by atoms with E-state index in [0.29, 0.717) is 18.2 Å². The van der Waals surface area contributed by atoms with Crippen LogP contribution < -0.4 is 15.8 Å². The fourth-order valence-corrected chi connectivity index (χ4v) is 2.30. The minimum atomic E-state index is -3.71. The predicted octanol–water partition coefficient (Wildman–Crippen LogP) is 0.206. The first-order valence-electron chi connectivity index (χ1n) is 6.61. The van der Waals surface area contributed by atoms with Crippen LogP contribution in [-0.2, 0) is 10.0 Å². The van der Waals surface area contributed by atoms with Gasteiger partial charge in [0, 0.05) is 18.2 Å². The second-order valence-corrected chi connectivity index (χ2v) is 6.47. The molecule has 1 aliphatic rings. The predicted molar refractivity (Wildman–Crippen MR) is 75.8 cm³/mol. The normalized spacial score (nSPS) is 15.1. The van der Waals surface area contributed by atoms with Gasteiger partial charge in [-0.15, -0.1) is 0 Å². The van der Waals surface area contributed by atoms with Crippen molar-refractivity contribution < 1.29 is 13.2 Å². The van der Waals surface area contributed by atoms with Crippen LogP contribution in [0, 0.1) is 0 Å². The lowest BCUT2D eigenvalue weighted by atomic mass is 10.2. The number of carbonyl (C=O) groups excluding carboxylic acids is 1. The summed E-state index contributed by atoms with van der Waals surface area (Å²) in [4.78, 5) is 11.8. The van der Waals surface area contributed by atoms with Gasteiger partial charge < -0.3 is 10.6 Å². The lowest BCUT2D eigenvalue weighted by Gasteiger charge is -2.06. The van der Waals surface area contributed by atoms with Gasteiger partial charge in [-0.3, -0.25) is 4.79 Å². The van der Waals surface area contributed by atoms with E-state index in [1.807, 2.05) is 0 Å². The third-order valence-electron chi connectivity index (χ3n) is 3.09. The molecule has 20 heavy (non-hydrogen) atoms. The van der Waals surface area contributed by atoms with Crippen molar-refractivity contribution in [2.24, 2.45) is 5.14 Å². The van der Waals surface area contributed by atoms with Crippen molar-refractivity contribution in [3.05, 3.63) is 29.8 Å². The topological polar surface area (TPSA) is 101 Å². The number of rotatable bonds is 7. The maximum Gasteiger partial charge on any atom is 0.251 e. The van der Waals surface area contributed by atoms with Crippen LogP contribution in [0.3, 0.4) is 0 Å². The maximum absolute atomic E-state index is 11.8. The highest BCUT2D eigenvalue weighted by Crippen LogP contribution is 2.18. The molecule has 0 radical (unpaired) electrons. The number of carbonyl (C=O) groups is 1. The molecule has 0 atom stereocenters. The van der Waals surface area contributed by atoms with E-state index in [2.05, 4.69) is 10.6 Å². The number of sulfonamides is 1. The average molecular weight is 297 g/mol. The molecule has 2 rings (SSSR count). The van der Waals surface area contributed by atoms with E-state index in [-0.39, 0.29) is 10.8 Å². The summed E-state index contributed by atoms with van der Waals surface area (Å²) in [6.07, 6.45) is 3.38. The molecule has 6 nitrogen and oxygen atoms in total. The zero-order chi connectivity index (χ0) is 14.6. The SMILES string of the molecule is NS(=O)(=O)c1ccc(C(=O)NCCCNC2CC2)cc1. The summed E-state index contributed by atoms with van der Waals surface area (Å²) < 4.78 is 22.2. The Morgan fingerprint density at radius 1 is 1.20 bits per heavy atom. The molecule has 0 aliphatic heterocycles. The van der Waals surface area contributed by atoms with Crippen molar-refractivity contribution in [1.29, 1.82) is 0 Å². The van der Waals surface area contributed by atoms with Gasteiger partial charge in [0.05, 0.1) is 4.90 Å². The second kappa shape index (κ2) is 6.34. The quantitative estimate of drug-likeness (QED) is 0.626. The molecule has 110 valence electrons. The summed E-state index contributed by atoms with van der Waals surface area (Å²) in [6.45, 7) is 1.49. The Labute approximate surface area is 118 Å². The first-order chi connectivity index (χ1) is 9.47.